The number of hydrogen-bond donors (Lipinski definition) is 4. The Kier molecular flexibility index (Phi) is 6.54. The second-order valence-corrected chi connectivity index (χ2v) is 8.54. The Bertz CT molecular complexity index is 1060. The number of carbonyl (C=O) groups is 3. The second kappa shape index (κ2) is 8.82. The molecule has 0 bridgehead atoms. The van der Waals surface area contributed by atoms with Gasteiger partial charge in [-0.05, 0) is 56.9 Å². The Morgan fingerprint density at radius 2 is 1.87 bits per heavy atom. The van der Waals surface area contributed by atoms with Crippen molar-refractivity contribution in [2.75, 3.05) is 18.5 Å². The number of aryl methyl sites for hydroxylation is 1. The first kappa shape index (κ1) is 23.0. The smallest absolute Gasteiger partial charge is 0.293 e. The zero-order chi connectivity index (χ0) is 22.9. The van der Waals surface area contributed by atoms with Crippen LogP contribution >= 0.6 is 11.6 Å². The van der Waals surface area contributed by atoms with E-state index in [9.17, 15) is 24.6 Å². The first-order valence-corrected chi connectivity index (χ1v) is 10.4. The summed E-state index contributed by atoms with van der Waals surface area (Å²) in [5, 5.41) is 24.5. The summed E-state index contributed by atoms with van der Waals surface area (Å²) in [5.41, 5.74) is 1.67. The molecule has 3 rings (SSSR count). The van der Waals surface area contributed by atoms with Crippen molar-refractivity contribution >= 4 is 34.9 Å². The quantitative estimate of drug-likeness (QED) is 0.382. The van der Waals surface area contributed by atoms with Gasteiger partial charge in [0, 0.05) is 22.9 Å². The number of Topliss-reactive ketones (excluding diaryl/α,β-unsaturated/α-hetero) is 1. The molecule has 0 saturated heterocycles. The highest BCUT2D eigenvalue weighted by Crippen LogP contribution is 2.30. The first-order valence-electron chi connectivity index (χ1n) is 10.00. The van der Waals surface area contributed by atoms with Crippen LogP contribution in [0.25, 0.3) is 0 Å². The number of rotatable bonds is 7. The summed E-state index contributed by atoms with van der Waals surface area (Å²) < 4.78 is 1.78. The maximum atomic E-state index is 13.1. The zero-order valence-corrected chi connectivity index (χ0v) is 18.5. The highest BCUT2D eigenvalue weighted by atomic mass is 35.5. The molecule has 0 fully saturated rings. The van der Waals surface area contributed by atoms with Crippen LogP contribution < -0.4 is 10.6 Å². The molecule has 0 saturated carbocycles. The van der Waals surface area contributed by atoms with Gasteiger partial charge in [-0.2, -0.15) is 0 Å². The Hall–Kier alpha value is -2.68. The molecule has 0 radical (unpaired) electrons. The van der Waals surface area contributed by atoms with Gasteiger partial charge in [-0.3, -0.25) is 14.4 Å². The van der Waals surface area contributed by atoms with Gasteiger partial charge in [-0.1, -0.05) is 17.7 Å². The molecule has 0 aliphatic carbocycles. The number of ketones is 1. The van der Waals surface area contributed by atoms with Gasteiger partial charge in [-0.15, -0.1) is 0 Å². The van der Waals surface area contributed by atoms with Gasteiger partial charge in [0.15, 0.2) is 0 Å². The number of nitrogens with zero attached hydrogens (tertiary/aromatic N) is 1. The third-order valence-corrected chi connectivity index (χ3v) is 6.01. The van der Waals surface area contributed by atoms with E-state index in [0.29, 0.717) is 40.6 Å². The molecule has 166 valence electrons. The van der Waals surface area contributed by atoms with E-state index < -0.39 is 36.4 Å². The first-order chi connectivity index (χ1) is 14.6. The van der Waals surface area contributed by atoms with Gasteiger partial charge in [0.05, 0.1) is 24.3 Å². The minimum Gasteiger partial charge on any atom is -0.394 e. The van der Waals surface area contributed by atoms with Crippen LogP contribution in [0, 0.1) is 13.8 Å². The summed E-state index contributed by atoms with van der Waals surface area (Å²) in [4.78, 5) is 38.6. The lowest BCUT2D eigenvalue weighted by Crippen LogP contribution is -2.53. The monoisotopic (exact) mass is 447 g/mol. The maximum absolute atomic E-state index is 13.1. The summed E-state index contributed by atoms with van der Waals surface area (Å²) >= 11 is 6.14. The van der Waals surface area contributed by atoms with Crippen molar-refractivity contribution in [3.05, 3.63) is 51.3 Å². The summed E-state index contributed by atoms with van der Waals surface area (Å²) in [5.74, 6) is -2.13. The number of benzene rings is 1. The van der Waals surface area contributed by atoms with E-state index in [1.807, 2.05) is 6.92 Å². The molecular formula is C22H26ClN3O5. The fraction of sp³-hybridized carbons (Fsp3) is 0.409. The molecule has 31 heavy (non-hydrogen) atoms. The van der Waals surface area contributed by atoms with Crippen LogP contribution in [0.2, 0.25) is 5.02 Å². The molecule has 2 amide bonds. The number of amides is 2. The van der Waals surface area contributed by atoms with Gasteiger partial charge < -0.3 is 25.4 Å². The lowest BCUT2D eigenvalue weighted by atomic mass is 10.00. The Morgan fingerprint density at radius 1 is 1.19 bits per heavy atom. The number of aromatic nitrogens is 1. The molecule has 8 nitrogen and oxygen atoms in total. The van der Waals surface area contributed by atoms with Crippen molar-refractivity contribution in [2.45, 2.75) is 45.7 Å². The van der Waals surface area contributed by atoms with E-state index in [1.165, 1.54) is 6.92 Å². The Morgan fingerprint density at radius 3 is 2.48 bits per heavy atom. The third kappa shape index (κ3) is 4.37. The predicted molar refractivity (Wildman–Crippen MR) is 117 cm³/mol. The minimum absolute atomic E-state index is 0.195. The lowest BCUT2D eigenvalue weighted by molar-refractivity contribution is -0.119. The molecular weight excluding hydrogens is 422 g/mol. The largest absolute Gasteiger partial charge is 0.394 e. The van der Waals surface area contributed by atoms with Crippen LogP contribution in [0.5, 0.6) is 0 Å². The average molecular weight is 448 g/mol. The molecule has 1 aliphatic heterocycles. The number of aliphatic hydroxyl groups excluding tert-OH is 2. The standard InChI is InChI=1S/C22H26ClN3O5/c1-12-6-7-14(9-15(12)23)24-20(30)18-13(2)17(16-5-4-8-26(16)18)19(29)21(31)25-22(3,10-27)11-28/h6-7,9,27-28H,4-5,8,10-11H2,1-3H3,(H,24,30)(H,25,31). The van der Waals surface area contributed by atoms with Crippen molar-refractivity contribution in [2.24, 2.45) is 0 Å². The van der Waals surface area contributed by atoms with Crippen LogP contribution in [0.1, 0.15) is 51.0 Å². The highest BCUT2D eigenvalue weighted by molar-refractivity contribution is 6.44. The van der Waals surface area contributed by atoms with Crippen molar-refractivity contribution in [3.63, 3.8) is 0 Å². The number of carbonyl (C=O) groups excluding carboxylic acids is 3. The third-order valence-electron chi connectivity index (χ3n) is 5.60. The van der Waals surface area contributed by atoms with Crippen molar-refractivity contribution in [3.8, 4) is 0 Å². The van der Waals surface area contributed by atoms with E-state index in [2.05, 4.69) is 10.6 Å². The number of aliphatic hydroxyl groups is 2. The number of nitrogens with one attached hydrogen (secondary N) is 2. The van der Waals surface area contributed by atoms with Crippen LogP contribution in [0.3, 0.4) is 0 Å². The summed E-state index contributed by atoms with van der Waals surface area (Å²) in [6.07, 6.45) is 1.31. The van der Waals surface area contributed by atoms with Crippen molar-refractivity contribution < 1.29 is 24.6 Å². The normalized spacial score (nSPS) is 13.1. The molecule has 2 aromatic rings. The van der Waals surface area contributed by atoms with Crippen molar-refractivity contribution in [1.29, 1.82) is 0 Å². The van der Waals surface area contributed by atoms with Crippen LogP contribution in [0.15, 0.2) is 18.2 Å². The SMILES string of the molecule is Cc1ccc(NC(=O)c2c(C)c(C(=O)C(=O)NC(C)(CO)CO)c3n2CCC3)cc1Cl. The summed E-state index contributed by atoms with van der Waals surface area (Å²) in [6, 6.07) is 5.19. The average Bonchev–Trinajstić information content (AvgIpc) is 3.29. The minimum atomic E-state index is -1.32. The van der Waals surface area contributed by atoms with Crippen molar-refractivity contribution in [1.82, 2.24) is 9.88 Å². The molecule has 4 N–H and O–H groups in total. The zero-order valence-electron chi connectivity index (χ0n) is 17.7. The van der Waals surface area contributed by atoms with E-state index in [4.69, 9.17) is 11.6 Å². The number of halogens is 1. The van der Waals surface area contributed by atoms with Gasteiger partial charge >= 0.3 is 0 Å². The predicted octanol–water partition coefficient (Wildman–Crippen LogP) is 2.00. The molecule has 1 aliphatic rings. The Labute approximate surface area is 185 Å². The van der Waals surface area contributed by atoms with Crippen LogP contribution in [0.4, 0.5) is 5.69 Å². The van der Waals surface area contributed by atoms with E-state index in [-0.39, 0.29) is 5.56 Å². The van der Waals surface area contributed by atoms with Gasteiger partial charge in [0.1, 0.15) is 5.69 Å². The molecule has 1 aromatic heterocycles. The van der Waals surface area contributed by atoms with Gasteiger partial charge in [0.2, 0.25) is 0 Å². The van der Waals surface area contributed by atoms with Gasteiger partial charge in [0.25, 0.3) is 17.6 Å². The summed E-state index contributed by atoms with van der Waals surface area (Å²) in [6.45, 7) is 4.44. The molecule has 2 heterocycles. The van der Waals surface area contributed by atoms with Crippen LogP contribution in [-0.2, 0) is 17.8 Å². The Balaban J connectivity index is 1.93. The maximum Gasteiger partial charge on any atom is 0.293 e. The molecule has 0 unspecified atom stereocenters. The van der Waals surface area contributed by atoms with E-state index in [1.54, 1.807) is 29.7 Å². The fourth-order valence-electron chi connectivity index (χ4n) is 3.75. The van der Waals surface area contributed by atoms with E-state index >= 15 is 0 Å². The number of anilines is 1. The number of hydrogen-bond acceptors (Lipinski definition) is 5. The van der Waals surface area contributed by atoms with Gasteiger partial charge in [-0.25, -0.2) is 0 Å². The van der Waals surface area contributed by atoms with Crippen LogP contribution in [-0.4, -0.2) is 51.1 Å². The molecule has 9 heteroatoms. The lowest BCUT2D eigenvalue weighted by Gasteiger charge is -2.25. The molecule has 0 spiro atoms. The molecule has 0 atom stereocenters. The topological polar surface area (TPSA) is 121 Å². The molecule has 1 aromatic carbocycles. The highest BCUT2D eigenvalue weighted by Gasteiger charge is 2.35. The summed E-state index contributed by atoms with van der Waals surface area (Å²) in [7, 11) is 0. The van der Waals surface area contributed by atoms with E-state index in [0.717, 1.165) is 12.0 Å². The fourth-order valence-corrected chi connectivity index (χ4v) is 3.93. The second-order valence-electron chi connectivity index (χ2n) is 8.13. The number of fused-ring (bicyclic) bond motifs is 1.